The van der Waals surface area contributed by atoms with Gasteiger partial charge in [-0.2, -0.15) is 4.68 Å². The first-order valence-corrected chi connectivity index (χ1v) is 8.30. The first-order chi connectivity index (χ1) is 9.70. The van der Waals surface area contributed by atoms with Crippen LogP contribution in [0, 0.1) is 5.92 Å². The molecule has 0 aliphatic rings. The highest BCUT2D eigenvalue weighted by atomic mass is 32.2. The minimum atomic E-state index is -3.58. The monoisotopic (exact) mass is 314 g/mol. The van der Waals surface area contributed by atoms with Crippen LogP contribution in [0.25, 0.3) is 0 Å². The number of rotatable bonds is 6. The summed E-state index contributed by atoms with van der Waals surface area (Å²) in [6, 6.07) is -0.415. The zero-order chi connectivity index (χ0) is 16.2. The van der Waals surface area contributed by atoms with Gasteiger partial charge in [-0.05, 0) is 19.8 Å². The van der Waals surface area contributed by atoms with Crippen LogP contribution < -0.4 is 0 Å². The van der Waals surface area contributed by atoms with Gasteiger partial charge >= 0.3 is 6.03 Å². The van der Waals surface area contributed by atoms with E-state index in [2.05, 4.69) is 16.7 Å². The summed E-state index contributed by atoms with van der Waals surface area (Å²) in [6.45, 7) is 11.6. The number of carbonyl (C=O) groups excluding carboxylic acids is 1. The van der Waals surface area contributed by atoms with Crippen molar-refractivity contribution in [3.63, 3.8) is 0 Å². The highest BCUT2D eigenvalue weighted by Gasteiger charge is 2.26. The normalized spacial score (nSPS) is 11.9. The first-order valence-electron chi connectivity index (χ1n) is 6.75. The quantitative estimate of drug-likeness (QED) is 0.744. The Morgan fingerprint density at radius 1 is 1.43 bits per heavy atom. The van der Waals surface area contributed by atoms with Crippen molar-refractivity contribution in [3.05, 3.63) is 19.0 Å². The first kappa shape index (κ1) is 17.4. The standard InChI is InChI=1S/C13H22N4O3S/c1-6-7-16(8-10(2)3)13(18)17-9-14-12(15-17)21(19,20)11(4)5/h6,9-11H,1,7-8H2,2-5H3. The van der Waals surface area contributed by atoms with E-state index in [1.165, 1.54) is 4.90 Å². The molecule has 0 radical (unpaired) electrons. The number of hydrogen-bond acceptors (Lipinski definition) is 5. The number of carbonyl (C=O) groups is 1. The Labute approximate surface area is 125 Å². The smallest absolute Gasteiger partial charge is 0.319 e. The van der Waals surface area contributed by atoms with Crippen LogP contribution in [-0.4, -0.2) is 52.5 Å². The van der Waals surface area contributed by atoms with Crippen molar-refractivity contribution in [2.75, 3.05) is 13.1 Å². The maximum atomic E-state index is 12.3. The summed E-state index contributed by atoms with van der Waals surface area (Å²) in [7, 11) is -3.58. The maximum absolute atomic E-state index is 12.3. The third kappa shape index (κ3) is 4.13. The van der Waals surface area contributed by atoms with E-state index in [1.807, 2.05) is 13.8 Å². The number of aromatic nitrogens is 3. The molecule has 0 aliphatic heterocycles. The predicted molar refractivity (Wildman–Crippen MR) is 79.7 cm³/mol. The van der Waals surface area contributed by atoms with Crippen LogP contribution in [0.3, 0.4) is 0 Å². The summed E-state index contributed by atoms with van der Waals surface area (Å²) in [4.78, 5) is 17.6. The average molecular weight is 314 g/mol. The van der Waals surface area contributed by atoms with Crippen LogP contribution in [-0.2, 0) is 9.84 Å². The Kier molecular flexibility index (Phi) is 5.65. The van der Waals surface area contributed by atoms with Gasteiger partial charge in [0.25, 0.3) is 5.16 Å². The Hall–Kier alpha value is -1.70. The Balaban J connectivity index is 3.03. The van der Waals surface area contributed by atoms with Crippen molar-refractivity contribution in [3.8, 4) is 0 Å². The van der Waals surface area contributed by atoms with Gasteiger partial charge in [0.2, 0.25) is 9.84 Å². The molecule has 0 fully saturated rings. The molecule has 1 heterocycles. The summed E-state index contributed by atoms with van der Waals surface area (Å²) < 4.78 is 24.9. The fourth-order valence-electron chi connectivity index (χ4n) is 1.65. The lowest BCUT2D eigenvalue weighted by Gasteiger charge is -2.22. The van der Waals surface area contributed by atoms with E-state index in [1.54, 1.807) is 19.9 Å². The van der Waals surface area contributed by atoms with E-state index in [4.69, 9.17) is 0 Å². The maximum Gasteiger partial charge on any atom is 0.346 e. The fraction of sp³-hybridized carbons (Fsp3) is 0.615. The van der Waals surface area contributed by atoms with Gasteiger partial charge in [-0.1, -0.05) is 19.9 Å². The SMILES string of the molecule is C=CCN(CC(C)C)C(=O)n1cnc(S(=O)(=O)C(C)C)n1. The second kappa shape index (κ2) is 6.84. The molecule has 0 spiro atoms. The summed E-state index contributed by atoms with van der Waals surface area (Å²) in [5.74, 6) is 0.274. The highest BCUT2D eigenvalue weighted by molar-refractivity contribution is 7.91. The van der Waals surface area contributed by atoms with Crippen molar-refractivity contribution in [2.45, 2.75) is 38.1 Å². The summed E-state index contributed by atoms with van der Waals surface area (Å²) in [6.07, 6.45) is 2.75. The number of nitrogens with zero attached hydrogens (tertiary/aromatic N) is 4. The van der Waals surface area contributed by atoms with Gasteiger partial charge in [-0.15, -0.1) is 11.7 Å². The number of hydrogen-bond donors (Lipinski definition) is 0. The van der Waals surface area contributed by atoms with Crippen LogP contribution in [0.1, 0.15) is 27.7 Å². The summed E-state index contributed by atoms with van der Waals surface area (Å²) in [5, 5.41) is 2.84. The molecule has 118 valence electrons. The van der Waals surface area contributed by atoms with Gasteiger partial charge in [0.1, 0.15) is 6.33 Å². The van der Waals surface area contributed by atoms with E-state index in [0.717, 1.165) is 11.0 Å². The van der Waals surface area contributed by atoms with Crippen LogP contribution in [0.4, 0.5) is 4.79 Å². The molecule has 0 N–H and O–H groups in total. The molecule has 1 aromatic rings. The lowest BCUT2D eigenvalue weighted by Crippen LogP contribution is -2.37. The van der Waals surface area contributed by atoms with Crippen LogP contribution in [0.15, 0.2) is 24.1 Å². The Morgan fingerprint density at radius 2 is 2.05 bits per heavy atom. The van der Waals surface area contributed by atoms with E-state index in [0.29, 0.717) is 13.1 Å². The highest BCUT2D eigenvalue weighted by Crippen LogP contribution is 2.11. The number of amides is 1. The molecule has 0 aromatic carbocycles. The lowest BCUT2D eigenvalue weighted by atomic mass is 10.2. The average Bonchev–Trinajstić information content (AvgIpc) is 2.86. The molecule has 1 rings (SSSR count). The minimum Gasteiger partial charge on any atom is -0.319 e. The lowest BCUT2D eigenvalue weighted by molar-refractivity contribution is 0.195. The van der Waals surface area contributed by atoms with Crippen molar-refractivity contribution in [1.29, 1.82) is 0 Å². The second-order valence-electron chi connectivity index (χ2n) is 5.44. The molecular formula is C13H22N4O3S. The Morgan fingerprint density at radius 3 is 2.52 bits per heavy atom. The van der Waals surface area contributed by atoms with Crippen LogP contribution in [0.5, 0.6) is 0 Å². The van der Waals surface area contributed by atoms with Gasteiger partial charge in [0.15, 0.2) is 0 Å². The van der Waals surface area contributed by atoms with Gasteiger partial charge in [-0.25, -0.2) is 18.2 Å². The van der Waals surface area contributed by atoms with Gasteiger partial charge in [-0.3, -0.25) is 0 Å². The van der Waals surface area contributed by atoms with Gasteiger partial charge < -0.3 is 4.90 Å². The molecule has 0 bridgehead atoms. The molecule has 21 heavy (non-hydrogen) atoms. The van der Waals surface area contributed by atoms with Crippen molar-refractivity contribution < 1.29 is 13.2 Å². The molecular weight excluding hydrogens is 292 g/mol. The largest absolute Gasteiger partial charge is 0.346 e. The molecule has 0 aliphatic carbocycles. The van der Waals surface area contributed by atoms with E-state index >= 15 is 0 Å². The molecule has 1 amide bonds. The summed E-state index contributed by atoms with van der Waals surface area (Å²) in [5.41, 5.74) is 0. The number of sulfone groups is 1. The van der Waals surface area contributed by atoms with Crippen molar-refractivity contribution >= 4 is 15.9 Å². The molecule has 8 heteroatoms. The molecule has 0 atom stereocenters. The third-order valence-electron chi connectivity index (χ3n) is 2.75. The topological polar surface area (TPSA) is 85.2 Å². The van der Waals surface area contributed by atoms with E-state index in [-0.39, 0.29) is 11.1 Å². The molecule has 0 saturated carbocycles. The van der Waals surface area contributed by atoms with Crippen molar-refractivity contribution in [2.24, 2.45) is 5.92 Å². The van der Waals surface area contributed by atoms with Gasteiger partial charge in [0.05, 0.1) is 5.25 Å². The minimum absolute atomic E-state index is 0.274. The summed E-state index contributed by atoms with van der Waals surface area (Å²) >= 11 is 0. The van der Waals surface area contributed by atoms with Crippen LogP contribution >= 0.6 is 0 Å². The zero-order valence-electron chi connectivity index (χ0n) is 12.9. The fourth-order valence-corrected chi connectivity index (χ4v) is 2.47. The van der Waals surface area contributed by atoms with E-state index in [9.17, 15) is 13.2 Å². The predicted octanol–water partition coefficient (Wildman–Crippen LogP) is 1.57. The van der Waals surface area contributed by atoms with Gasteiger partial charge in [0, 0.05) is 13.1 Å². The molecule has 1 aromatic heterocycles. The van der Waals surface area contributed by atoms with Crippen LogP contribution in [0.2, 0.25) is 0 Å². The second-order valence-corrected chi connectivity index (χ2v) is 7.83. The molecule has 0 unspecified atom stereocenters. The third-order valence-corrected chi connectivity index (χ3v) is 4.68. The molecule has 7 nitrogen and oxygen atoms in total. The molecule has 0 saturated heterocycles. The van der Waals surface area contributed by atoms with E-state index < -0.39 is 21.1 Å². The zero-order valence-corrected chi connectivity index (χ0v) is 13.7. The van der Waals surface area contributed by atoms with Crippen molar-refractivity contribution in [1.82, 2.24) is 19.7 Å². The Bertz CT molecular complexity index is 605.